The van der Waals surface area contributed by atoms with Gasteiger partial charge in [0.15, 0.2) is 5.82 Å². The van der Waals surface area contributed by atoms with Crippen LogP contribution in [0.5, 0.6) is 0 Å². The van der Waals surface area contributed by atoms with E-state index in [4.69, 9.17) is 9.97 Å². The number of aromatic nitrogens is 4. The van der Waals surface area contributed by atoms with E-state index >= 15 is 0 Å². The standard InChI is InChI=1S/C50H32N4/c1-3-13-35(14-4-1)49-41-19-7-10-20-44(41)51-50(52-49)36-25-23-33(24-26-36)34-27-29-38(30-28-34)54-46-22-12-9-18-40(46)43-31-47-42(32-48(43)54)39-17-8-11-21-45(39)53(47)37-15-5-2-6-16-37/h1-32H. The molecular weight excluding hydrogens is 657 g/mol. The van der Waals surface area contributed by atoms with Crippen LogP contribution in [-0.2, 0) is 0 Å². The van der Waals surface area contributed by atoms with Crippen LogP contribution in [0.4, 0.5) is 0 Å². The van der Waals surface area contributed by atoms with Crippen molar-refractivity contribution in [3.8, 4) is 45.1 Å². The van der Waals surface area contributed by atoms with Gasteiger partial charge >= 0.3 is 0 Å². The first-order valence-electron chi connectivity index (χ1n) is 18.3. The summed E-state index contributed by atoms with van der Waals surface area (Å²) in [6.45, 7) is 0. The van der Waals surface area contributed by atoms with Gasteiger partial charge in [-0.15, -0.1) is 0 Å². The Morgan fingerprint density at radius 1 is 0.296 bits per heavy atom. The lowest BCUT2D eigenvalue weighted by atomic mass is 10.0. The van der Waals surface area contributed by atoms with Gasteiger partial charge in [0.25, 0.3) is 0 Å². The van der Waals surface area contributed by atoms with Crippen LogP contribution in [-0.4, -0.2) is 19.1 Å². The molecule has 0 bridgehead atoms. The zero-order valence-electron chi connectivity index (χ0n) is 29.3. The number of hydrogen-bond acceptors (Lipinski definition) is 2. The van der Waals surface area contributed by atoms with Crippen LogP contribution in [0, 0.1) is 0 Å². The Balaban J connectivity index is 0.998. The van der Waals surface area contributed by atoms with Crippen molar-refractivity contribution >= 4 is 54.5 Å². The van der Waals surface area contributed by atoms with E-state index in [1.54, 1.807) is 0 Å². The largest absolute Gasteiger partial charge is 0.309 e. The average molecular weight is 689 g/mol. The highest BCUT2D eigenvalue weighted by atomic mass is 15.0. The van der Waals surface area contributed by atoms with E-state index in [9.17, 15) is 0 Å². The molecule has 11 aromatic rings. The average Bonchev–Trinajstić information content (AvgIpc) is 3.75. The molecule has 0 aliphatic rings. The van der Waals surface area contributed by atoms with Gasteiger partial charge in [0.2, 0.25) is 0 Å². The fourth-order valence-corrected chi connectivity index (χ4v) is 8.20. The third kappa shape index (κ3) is 4.78. The Kier molecular flexibility index (Phi) is 6.82. The molecule has 54 heavy (non-hydrogen) atoms. The van der Waals surface area contributed by atoms with Gasteiger partial charge in [-0.3, -0.25) is 0 Å². The molecule has 0 aliphatic heterocycles. The molecule has 3 heterocycles. The van der Waals surface area contributed by atoms with Gasteiger partial charge in [-0.1, -0.05) is 140 Å². The molecule has 0 amide bonds. The van der Waals surface area contributed by atoms with Crippen LogP contribution >= 0.6 is 0 Å². The van der Waals surface area contributed by atoms with E-state index in [1.165, 1.54) is 43.6 Å². The normalized spacial score (nSPS) is 11.7. The number of rotatable bonds is 5. The Bertz CT molecular complexity index is 3170. The minimum absolute atomic E-state index is 0.724. The van der Waals surface area contributed by atoms with Crippen LogP contribution < -0.4 is 0 Å². The van der Waals surface area contributed by atoms with Crippen LogP contribution in [0.25, 0.3) is 99.7 Å². The monoisotopic (exact) mass is 688 g/mol. The molecule has 0 N–H and O–H groups in total. The molecule has 4 nitrogen and oxygen atoms in total. The summed E-state index contributed by atoms with van der Waals surface area (Å²) in [6.07, 6.45) is 0. The molecule has 0 atom stereocenters. The summed E-state index contributed by atoms with van der Waals surface area (Å²) in [6, 6.07) is 69.1. The van der Waals surface area contributed by atoms with Crippen molar-refractivity contribution in [2.75, 3.05) is 0 Å². The number of benzene rings is 8. The molecule has 0 saturated carbocycles. The summed E-state index contributed by atoms with van der Waals surface area (Å²) < 4.78 is 4.80. The molecule has 0 fully saturated rings. The van der Waals surface area contributed by atoms with E-state index < -0.39 is 0 Å². The van der Waals surface area contributed by atoms with E-state index in [2.05, 4.69) is 185 Å². The van der Waals surface area contributed by atoms with Crippen molar-refractivity contribution in [2.24, 2.45) is 0 Å². The molecule has 0 radical (unpaired) electrons. The summed E-state index contributed by atoms with van der Waals surface area (Å²) in [5.74, 6) is 0.724. The SMILES string of the molecule is c1ccc(-c2nc(-c3ccc(-c4ccc(-n5c6ccccc6c6cc7c(cc65)c5ccccc5n7-c5ccccc5)cc4)cc3)nc3ccccc23)cc1. The topological polar surface area (TPSA) is 35.6 Å². The second-order valence-electron chi connectivity index (χ2n) is 13.8. The van der Waals surface area contributed by atoms with Gasteiger partial charge in [-0.2, -0.15) is 0 Å². The first kappa shape index (κ1) is 30.3. The summed E-state index contributed by atoms with van der Waals surface area (Å²) >= 11 is 0. The first-order valence-corrected chi connectivity index (χ1v) is 18.3. The van der Waals surface area contributed by atoms with Gasteiger partial charge in [-0.25, -0.2) is 9.97 Å². The fraction of sp³-hybridized carbons (Fsp3) is 0. The molecule has 0 aliphatic carbocycles. The zero-order valence-corrected chi connectivity index (χ0v) is 29.3. The Morgan fingerprint density at radius 3 is 1.37 bits per heavy atom. The Morgan fingerprint density at radius 2 is 0.759 bits per heavy atom. The minimum atomic E-state index is 0.724. The lowest BCUT2D eigenvalue weighted by Crippen LogP contribution is -1.95. The van der Waals surface area contributed by atoms with Gasteiger partial charge in [0, 0.05) is 49.4 Å². The smallest absolute Gasteiger partial charge is 0.160 e. The van der Waals surface area contributed by atoms with Gasteiger partial charge < -0.3 is 9.13 Å². The lowest BCUT2D eigenvalue weighted by molar-refractivity contribution is 1.17. The molecule has 252 valence electrons. The van der Waals surface area contributed by atoms with Crippen LogP contribution in [0.2, 0.25) is 0 Å². The maximum Gasteiger partial charge on any atom is 0.160 e. The first-order chi connectivity index (χ1) is 26.8. The second-order valence-corrected chi connectivity index (χ2v) is 13.8. The van der Waals surface area contributed by atoms with Gasteiger partial charge in [0.05, 0.1) is 33.3 Å². The summed E-state index contributed by atoms with van der Waals surface area (Å²) in [5.41, 5.74) is 13.4. The van der Waals surface area contributed by atoms with E-state index in [0.29, 0.717) is 0 Å². The third-order valence-corrected chi connectivity index (χ3v) is 10.7. The lowest BCUT2D eigenvalue weighted by Gasteiger charge is -2.11. The molecule has 11 rings (SSSR count). The van der Waals surface area contributed by atoms with Crippen molar-refractivity contribution in [3.63, 3.8) is 0 Å². The molecular formula is C50H32N4. The van der Waals surface area contributed by atoms with E-state index in [0.717, 1.165) is 56.0 Å². The highest BCUT2D eigenvalue weighted by Gasteiger charge is 2.18. The molecule has 3 aromatic heterocycles. The van der Waals surface area contributed by atoms with Crippen molar-refractivity contribution in [3.05, 3.63) is 194 Å². The predicted octanol–water partition coefficient (Wildman–Crippen LogP) is 12.8. The summed E-state index contributed by atoms with van der Waals surface area (Å²) in [7, 11) is 0. The molecule has 0 spiro atoms. The highest BCUT2D eigenvalue weighted by molar-refractivity contribution is 6.19. The molecule has 8 aromatic carbocycles. The number of hydrogen-bond donors (Lipinski definition) is 0. The summed E-state index contributed by atoms with van der Waals surface area (Å²) in [4.78, 5) is 10.0. The fourth-order valence-electron chi connectivity index (χ4n) is 8.20. The Hall–Kier alpha value is -7.30. The van der Waals surface area contributed by atoms with Crippen molar-refractivity contribution in [1.29, 1.82) is 0 Å². The van der Waals surface area contributed by atoms with E-state index in [1.807, 2.05) is 18.2 Å². The van der Waals surface area contributed by atoms with Crippen LogP contribution in [0.15, 0.2) is 194 Å². The predicted molar refractivity (Wildman–Crippen MR) is 225 cm³/mol. The maximum absolute atomic E-state index is 5.07. The molecule has 0 unspecified atom stereocenters. The van der Waals surface area contributed by atoms with Gasteiger partial charge in [0.1, 0.15) is 0 Å². The minimum Gasteiger partial charge on any atom is -0.309 e. The summed E-state index contributed by atoms with van der Waals surface area (Å²) in [5, 5.41) is 6.03. The molecule has 4 heteroatoms. The van der Waals surface area contributed by atoms with Gasteiger partial charge in [-0.05, 0) is 65.7 Å². The molecule has 0 saturated heterocycles. The van der Waals surface area contributed by atoms with Crippen molar-refractivity contribution < 1.29 is 0 Å². The quantitative estimate of drug-likeness (QED) is 0.180. The number of para-hydroxylation sites is 4. The number of nitrogens with zero attached hydrogens (tertiary/aromatic N) is 4. The second kappa shape index (κ2) is 12.1. The van der Waals surface area contributed by atoms with E-state index in [-0.39, 0.29) is 0 Å². The zero-order chi connectivity index (χ0) is 35.6. The number of fused-ring (bicyclic) bond motifs is 7. The van der Waals surface area contributed by atoms with Crippen molar-refractivity contribution in [2.45, 2.75) is 0 Å². The third-order valence-electron chi connectivity index (χ3n) is 10.7. The Labute approximate surface area is 311 Å². The van der Waals surface area contributed by atoms with Crippen LogP contribution in [0.1, 0.15) is 0 Å². The van der Waals surface area contributed by atoms with Crippen molar-refractivity contribution in [1.82, 2.24) is 19.1 Å². The maximum atomic E-state index is 5.07. The highest BCUT2D eigenvalue weighted by Crippen LogP contribution is 2.40. The van der Waals surface area contributed by atoms with Crippen LogP contribution in [0.3, 0.4) is 0 Å².